The van der Waals surface area contributed by atoms with Gasteiger partial charge in [0, 0.05) is 0 Å². The second-order valence-corrected chi connectivity index (χ2v) is 5.78. The highest BCUT2D eigenvalue weighted by Gasteiger charge is 1.91. The van der Waals surface area contributed by atoms with Gasteiger partial charge < -0.3 is 0 Å². The Kier molecular flexibility index (Phi) is 33.1. The Bertz CT molecular complexity index is 868. The fourth-order valence-electron chi connectivity index (χ4n) is 2.10. The van der Waals surface area contributed by atoms with Crippen molar-refractivity contribution < 1.29 is 0 Å². The molecule has 0 aliphatic carbocycles. The van der Waals surface area contributed by atoms with Gasteiger partial charge in [-0.25, -0.2) is 0 Å². The van der Waals surface area contributed by atoms with Gasteiger partial charge in [0.15, 0.2) is 0 Å². The number of nitrogens with zero attached hydrogens (tertiary/aromatic N) is 3. The summed E-state index contributed by atoms with van der Waals surface area (Å²) in [4.78, 5) is 0. The molecule has 0 aliphatic heterocycles. The highest BCUT2D eigenvalue weighted by atomic mass is 14.2. The van der Waals surface area contributed by atoms with Gasteiger partial charge in [0.05, 0.1) is 34.9 Å². The zero-order chi connectivity index (χ0) is 28.1. The van der Waals surface area contributed by atoms with Gasteiger partial charge in [-0.2, -0.15) is 15.8 Å². The number of hydrogen-bond acceptors (Lipinski definition) is 3. The summed E-state index contributed by atoms with van der Waals surface area (Å²) in [6, 6.07) is 28.9. The molecule has 3 heteroatoms. The van der Waals surface area contributed by atoms with Gasteiger partial charge in [-0.05, 0) is 55.7 Å². The quantitative estimate of drug-likeness (QED) is 0.327. The van der Waals surface area contributed by atoms with Crippen LogP contribution in [0.2, 0.25) is 0 Å². The summed E-state index contributed by atoms with van der Waals surface area (Å²) in [5.74, 6) is 0. The lowest BCUT2D eigenvalue weighted by molar-refractivity contribution is 1.39. The number of rotatable bonds is 0. The number of aryl methyl sites for hydroxylation is 3. The first-order valence-electron chi connectivity index (χ1n) is 12.4. The fraction of sp³-hybridized carbons (Fsp3) is 0.344. The van der Waals surface area contributed by atoms with Crippen LogP contribution in [0.15, 0.2) is 72.8 Å². The molecule has 0 atom stereocenters. The summed E-state index contributed by atoms with van der Waals surface area (Å²) in [6.45, 7) is 21.8. The van der Waals surface area contributed by atoms with Crippen LogP contribution in [0.1, 0.15) is 88.8 Å². The maximum Gasteiger partial charge on any atom is 0.0994 e. The van der Waals surface area contributed by atoms with Crippen LogP contribution >= 0.6 is 0 Å². The first-order valence-corrected chi connectivity index (χ1v) is 12.4. The minimum absolute atomic E-state index is 0.762. The molecule has 0 heterocycles. The van der Waals surface area contributed by atoms with Crippen molar-refractivity contribution >= 4 is 0 Å². The van der Waals surface area contributed by atoms with Gasteiger partial charge in [0.1, 0.15) is 0 Å². The zero-order valence-corrected chi connectivity index (χ0v) is 23.8. The predicted molar refractivity (Wildman–Crippen MR) is 153 cm³/mol. The zero-order valence-electron chi connectivity index (χ0n) is 23.8. The predicted octanol–water partition coefficient (Wildman–Crippen LogP) is 9.70. The summed E-state index contributed by atoms with van der Waals surface area (Å²) in [5, 5.41) is 25.4. The molecule has 3 nitrogen and oxygen atoms in total. The summed E-state index contributed by atoms with van der Waals surface area (Å²) >= 11 is 0. The van der Waals surface area contributed by atoms with E-state index < -0.39 is 0 Å². The fourth-order valence-corrected chi connectivity index (χ4v) is 2.10. The smallest absolute Gasteiger partial charge is 0.0994 e. The van der Waals surface area contributed by atoms with E-state index in [0.717, 1.165) is 33.4 Å². The molecule has 3 aromatic rings. The van der Waals surface area contributed by atoms with Crippen molar-refractivity contribution in [3.63, 3.8) is 0 Å². The largest absolute Gasteiger partial charge is 0.192 e. The molecule has 3 rings (SSSR count). The van der Waals surface area contributed by atoms with Crippen LogP contribution in [0.5, 0.6) is 0 Å². The molecule has 0 amide bonds. The van der Waals surface area contributed by atoms with Crippen LogP contribution in [0.25, 0.3) is 0 Å². The standard InChI is InChI=1S/3C8H7N.4C2H6/c3*1-7-4-2-3-5-8(7)6-9;4*1-2/h3*2-5H,1H3;4*1-2H3. The summed E-state index contributed by atoms with van der Waals surface area (Å²) < 4.78 is 0. The van der Waals surface area contributed by atoms with Crippen LogP contribution in [0.3, 0.4) is 0 Å². The molecule has 0 saturated carbocycles. The van der Waals surface area contributed by atoms with E-state index in [1.807, 2.05) is 149 Å². The van der Waals surface area contributed by atoms with Crippen LogP contribution in [0.4, 0.5) is 0 Å². The van der Waals surface area contributed by atoms with Gasteiger partial charge in [0.2, 0.25) is 0 Å². The second kappa shape index (κ2) is 30.1. The molecule has 188 valence electrons. The molecule has 35 heavy (non-hydrogen) atoms. The Labute approximate surface area is 216 Å². The lowest BCUT2D eigenvalue weighted by Crippen LogP contribution is -1.77. The van der Waals surface area contributed by atoms with Crippen LogP contribution < -0.4 is 0 Å². The molecule has 0 aromatic heterocycles. The molecule has 0 fully saturated rings. The molecule has 0 saturated heterocycles. The van der Waals surface area contributed by atoms with Crippen molar-refractivity contribution in [3.05, 3.63) is 106 Å². The van der Waals surface area contributed by atoms with Crippen molar-refractivity contribution in [2.45, 2.75) is 76.2 Å². The van der Waals surface area contributed by atoms with E-state index in [1.54, 1.807) is 0 Å². The maximum atomic E-state index is 8.47. The summed E-state index contributed by atoms with van der Waals surface area (Å²) in [7, 11) is 0. The van der Waals surface area contributed by atoms with Crippen LogP contribution in [-0.2, 0) is 0 Å². The number of benzene rings is 3. The Morgan fingerprint density at radius 2 is 0.543 bits per heavy atom. The normalized spacial score (nSPS) is 7.20. The second-order valence-electron chi connectivity index (χ2n) is 5.78. The van der Waals surface area contributed by atoms with Gasteiger partial charge >= 0.3 is 0 Å². The van der Waals surface area contributed by atoms with Crippen molar-refractivity contribution in [2.75, 3.05) is 0 Å². The van der Waals surface area contributed by atoms with E-state index in [4.69, 9.17) is 15.8 Å². The molecular formula is C32H45N3. The van der Waals surface area contributed by atoms with E-state index in [2.05, 4.69) is 18.2 Å². The molecule has 0 radical (unpaired) electrons. The average Bonchev–Trinajstić information content (AvgIpc) is 2.95. The molecule has 3 aromatic carbocycles. The van der Waals surface area contributed by atoms with Gasteiger partial charge in [0.25, 0.3) is 0 Å². The first kappa shape index (κ1) is 38.4. The highest BCUT2D eigenvalue weighted by molar-refractivity contribution is 5.37. The molecular weight excluding hydrogens is 426 g/mol. The third-order valence-corrected chi connectivity index (χ3v) is 3.80. The lowest BCUT2D eigenvalue weighted by Gasteiger charge is -1.90. The third kappa shape index (κ3) is 19.3. The number of nitriles is 3. The van der Waals surface area contributed by atoms with Gasteiger partial charge in [-0.15, -0.1) is 0 Å². The monoisotopic (exact) mass is 471 g/mol. The van der Waals surface area contributed by atoms with Crippen molar-refractivity contribution in [2.24, 2.45) is 0 Å². The Morgan fingerprint density at radius 1 is 0.371 bits per heavy atom. The van der Waals surface area contributed by atoms with E-state index >= 15 is 0 Å². The molecule has 0 bridgehead atoms. The Morgan fingerprint density at radius 3 is 0.657 bits per heavy atom. The topological polar surface area (TPSA) is 71.4 Å². The van der Waals surface area contributed by atoms with E-state index in [9.17, 15) is 0 Å². The Hall–Kier alpha value is -3.87. The van der Waals surface area contributed by atoms with Gasteiger partial charge in [-0.1, -0.05) is 110 Å². The molecule has 0 N–H and O–H groups in total. The van der Waals surface area contributed by atoms with E-state index in [1.165, 1.54) is 0 Å². The van der Waals surface area contributed by atoms with Crippen molar-refractivity contribution in [3.8, 4) is 18.2 Å². The number of hydrogen-bond donors (Lipinski definition) is 0. The summed E-state index contributed by atoms with van der Waals surface area (Å²) in [5.41, 5.74) is 5.41. The highest BCUT2D eigenvalue weighted by Crippen LogP contribution is 2.04. The van der Waals surface area contributed by atoms with Crippen LogP contribution in [0, 0.1) is 54.8 Å². The maximum absolute atomic E-state index is 8.47. The minimum atomic E-state index is 0.762. The molecule has 0 spiro atoms. The lowest BCUT2D eigenvalue weighted by atomic mass is 10.1. The molecule has 0 aliphatic rings. The first-order chi connectivity index (χ1) is 17.0. The SMILES string of the molecule is CC.CC.CC.CC.Cc1ccccc1C#N.Cc1ccccc1C#N.Cc1ccccc1C#N. The van der Waals surface area contributed by atoms with Crippen molar-refractivity contribution in [1.29, 1.82) is 15.8 Å². The van der Waals surface area contributed by atoms with Crippen molar-refractivity contribution in [1.82, 2.24) is 0 Å². The minimum Gasteiger partial charge on any atom is -0.192 e. The van der Waals surface area contributed by atoms with Gasteiger partial charge in [-0.3, -0.25) is 0 Å². The van der Waals surface area contributed by atoms with E-state index in [0.29, 0.717) is 0 Å². The van der Waals surface area contributed by atoms with Crippen LogP contribution in [-0.4, -0.2) is 0 Å². The average molecular weight is 472 g/mol. The molecule has 0 unspecified atom stereocenters. The summed E-state index contributed by atoms with van der Waals surface area (Å²) in [6.07, 6.45) is 0. The third-order valence-electron chi connectivity index (χ3n) is 3.80. The Balaban J connectivity index is -0.000000180. The van der Waals surface area contributed by atoms with E-state index in [-0.39, 0.29) is 0 Å².